The van der Waals surface area contributed by atoms with Crippen LogP contribution in [-0.2, 0) is 14.4 Å². The molecule has 0 saturated carbocycles. The maximum atomic E-state index is 12.0. The quantitative estimate of drug-likeness (QED) is 0.780. The van der Waals surface area contributed by atoms with E-state index in [0.29, 0.717) is 36.7 Å². The molecule has 3 amide bonds. The molecule has 1 saturated heterocycles. The molecule has 1 fully saturated rings. The third-order valence-corrected chi connectivity index (χ3v) is 4.12. The van der Waals surface area contributed by atoms with Crippen LogP contribution in [0.15, 0.2) is 24.3 Å². The van der Waals surface area contributed by atoms with Crippen LogP contribution in [0, 0.1) is 5.92 Å². The topological polar surface area (TPSA) is 102 Å². The van der Waals surface area contributed by atoms with Gasteiger partial charge in [-0.05, 0) is 37.1 Å². The summed E-state index contributed by atoms with van der Waals surface area (Å²) in [4.78, 5) is 36.5. The van der Waals surface area contributed by atoms with Gasteiger partial charge in [0.1, 0.15) is 5.75 Å². The van der Waals surface area contributed by atoms with E-state index in [1.165, 1.54) is 0 Å². The first-order valence-electron chi connectivity index (χ1n) is 7.68. The van der Waals surface area contributed by atoms with Crippen molar-refractivity contribution < 1.29 is 19.1 Å². The summed E-state index contributed by atoms with van der Waals surface area (Å²) in [5, 5.41) is 3.10. The van der Waals surface area contributed by atoms with Crippen molar-refractivity contribution in [2.24, 2.45) is 11.7 Å². The molecule has 24 heavy (non-hydrogen) atoms. The molecule has 1 aliphatic rings. The summed E-state index contributed by atoms with van der Waals surface area (Å²) in [5.74, 6) is -0.538. The SMILES string of the molecule is NC(=O)C1CCN(C(=O)CNC(=O)COc2ccc(Cl)cc2)CC1. The smallest absolute Gasteiger partial charge is 0.258 e. The molecule has 130 valence electrons. The average Bonchev–Trinajstić information content (AvgIpc) is 2.59. The Kier molecular flexibility index (Phi) is 6.43. The Morgan fingerprint density at radius 2 is 1.83 bits per heavy atom. The van der Waals surface area contributed by atoms with Gasteiger partial charge in [-0.2, -0.15) is 0 Å². The minimum absolute atomic E-state index is 0.0932. The monoisotopic (exact) mass is 353 g/mol. The molecule has 3 N–H and O–H groups in total. The van der Waals surface area contributed by atoms with Gasteiger partial charge in [-0.1, -0.05) is 11.6 Å². The Labute approximate surface area is 145 Å². The molecule has 0 atom stereocenters. The molecule has 2 rings (SSSR count). The minimum atomic E-state index is -0.384. The van der Waals surface area contributed by atoms with Crippen LogP contribution in [0.3, 0.4) is 0 Å². The molecule has 0 radical (unpaired) electrons. The molecule has 0 aliphatic carbocycles. The highest BCUT2D eigenvalue weighted by atomic mass is 35.5. The van der Waals surface area contributed by atoms with Crippen LogP contribution < -0.4 is 15.8 Å². The molecular formula is C16H20ClN3O4. The first kappa shape index (κ1) is 18.1. The third-order valence-electron chi connectivity index (χ3n) is 3.87. The highest BCUT2D eigenvalue weighted by Crippen LogP contribution is 2.16. The number of amides is 3. The first-order valence-corrected chi connectivity index (χ1v) is 8.05. The minimum Gasteiger partial charge on any atom is -0.484 e. The van der Waals surface area contributed by atoms with Crippen LogP contribution in [-0.4, -0.2) is 48.9 Å². The number of nitrogens with zero attached hydrogens (tertiary/aromatic N) is 1. The zero-order chi connectivity index (χ0) is 17.5. The highest BCUT2D eigenvalue weighted by Gasteiger charge is 2.25. The van der Waals surface area contributed by atoms with Crippen LogP contribution in [0.2, 0.25) is 5.02 Å². The lowest BCUT2D eigenvalue weighted by atomic mass is 9.96. The van der Waals surface area contributed by atoms with Crippen LogP contribution in [0.4, 0.5) is 0 Å². The molecule has 1 aromatic rings. The van der Waals surface area contributed by atoms with Gasteiger partial charge in [-0.3, -0.25) is 14.4 Å². The summed E-state index contributed by atoms with van der Waals surface area (Å²) < 4.78 is 5.29. The van der Waals surface area contributed by atoms with Crippen LogP contribution in [0.1, 0.15) is 12.8 Å². The Morgan fingerprint density at radius 3 is 2.42 bits per heavy atom. The van der Waals surface area contributed by atoms with E-state index in [1.807, 2.05) is 0 Å². The van der Waals surface area contributed by atoms with Gasteiger partial charge in [0.25, 0.3) is 5.91 Å². The number of nitrogens with one attached hydrogen (secondary N) is 1. The second-order valence-corrected chi connectivity index (χ2v) is 6.01. The fourth-order valence-corrected chi connectivity index (χ4v) is 2.56. The van der Waals surface area contributed by atoms with Crippen molar-refractivity contribution in [1.29, 1.82) is 0 Å². The largest absolute Gasteiger partial charge is 0.484 e. The number of hydrogen-bond acceptors (Lipinski definition) is 4. The molecule has 7 nitrogen and oxygen atoms in total. The Bertz CT molecular complexity index is 598. The first-order chi connectivity index (χ1) is 11.5. The third kappa shape index (κ3) is 5.42. The number of hydrogen-bond donors (Lipinski definition) is 2. The number of carbonyl (C=O) groups is 3. The van der Waals surface area contributed by atoms with Crippen molar-refractivity contribution in [2.75, 3.05) is 26.2 Å². The normalized spacial score (nSPS) is 15.0. The molecular weight excluding hydrogens is 334 g/mol. The number of rotatable bonds is 6. The number of benzene rings is 1. The van der Waals surface area contributed by atoms with Gasteiger partial charge in [0.2, 0.25) is 11.8 Å². The number of primary amides is 1. The zero-order valence-corrected chi connectivity index (χ0v) is 13.9. The Morgan fingerprint density at radius 1 is 1.21 bits per heavy atom. The maximum Gasteiger partial charge on any atom is 0.258 e. The predicted molar refractivity (Wildman–Crippen MR) is 88.5 cm³/mol. The Balaban J connectivity index is 1.67. The van der Waals surface area contributed by atoms with E-state index in [0.717, 1.165) is 0 Å². The molecule has 0 spiro atoms. The number of carbonyl (C=O) groups excluding carboxylic acids is 3. The van der Waals surface area contributed by atoms with E-state index < -0.39 is 0 Å². The lowest BCUT2D eigenvalue weighted by Crippen LogP contribution is -2.46. The lowest BCUT2D eigenvalue weighted by Gasteiger charge is -2.30. The van der Waals surface area contributed by atoms with Gasteiger partial charge >= 0.3 is 0 Å². The number of piperidine rings is 1. The summed E-state index contributed by atoms with van der Waals surface area (Å²) >= 11 is 5.76. The number of halogens is 1. The predicted octanol–water partition coefficient (Wildman–Crippen LogP) is 0.559. The van der Waals surface area contributed by atoms with E-state index in [4.69, 9.17) is 22.1 Å². The molecule has 8 heteroatoms. The summed E-state index contributed by atoms with van der Waals surface area (Å²) in [6, 6.07) is 6.63. The lowest BCUT2D eigenvalue weighted by molar-refractivity contribution is -0.135. The van der Waals surface area contributed by atoms with Gasteiger partial charge in [0.15, 0.2) is 6.61 Å². The molecule has 0 aromatic heterocycles. The molecule has 1 aliphatic heterocycles. The van der Waals surface area contributed by atoms with Gasteiger partial charge < -0.3 is 20.7 Å². The summed E-state index contributed by atoms with van der Waals surface area (Å²) in [6.07, 6.45) is 1.13. The average molecular weight is 354 g/mol. The summed E-state index contributed by atoms with van der Waals surface area (Å²) in [5.41, 5.74) is 5.26. The van der Waals surface area contributed by atoms with E-state index >= 15 is 0 Å². The van der Waals surface area contributed by atoms with Crippen molar-refractivity contribution >= 4 is 29.3 Å². The van der Waals surface area contributed by atoms with Crippen molar-refractivity contribution in [2.45, 2.75) is 12.8 Å². The van der Waals surface area contributed by atoms with Gasteiger partial charge in [0, 0.05) is 24.0 Å². The highest BCUT2D eigenvalue weighted by molar-refractivity contribution is 6.30. The molecule has 0 bridgehead atoms. The van der Waals surface area contributed by atoms with E-state index in [9.17, 15) is 14.4 Å². The summed E-state index contributed by atoms with van der Waals surface area (Å²) in [7, 11) is 0. The fourth-order valence-electron chi connectivity index (χ4n) is 2.43. The van der Waals surface area contributed by atoms with E-state index in [2.05, 4.69) is 5.32 Å². The van der Waals surface area contributed by atoms with Gasteiger partial charge in [0.05, 0.1) is 6.54 Å². The van der Waals surface area contributed by atoms with E-state index in [1.54, 1.807) is 29.2 Å². The van der Waals surface area contributed by atoms with Crippen LogP contribution in [0.25, 0.3) is 0 Å². The number of likely N-dealkylation sites (tertiary alicyclic amines) is 1. The standard InChI is InChI=1S/C16H20ClN3O4/c17-12-1-3-13(4-2-12)24-10-14(21)19-9-15(22)20-7-5-11(6-8-20)16(18)23/h1-4,11H,5-10H2,(H2,18,23)(H,19,21). The van der Waals surface area contributed by atoms with Crippen molar-refractivity contribution in [3.05, 3.63) is 29.3 Å². The van der Waals surface area contributed by atoms with Gasteiger partial charge in [-0.25, -0.2) is 0 Å². The van der Waals surface area contributed by atoms with Crippen molar-refractivity contribution in [1.82, 2.24) is 10.2 Å². The van der Waals surface area contributed by atoms with Crippen molar-refractivity contribution in [3.63, 3.8) is 0 Å². The molecule has 1 aromatic carbocycles. The summed E-state index contributed by atoms with van der Waals surface area (Å²) in [6.45, 7) is 0.676. The van der Waals surface area contributed by atoms with Crippen LogP contribution >= 0.6 is 11.6 Å². The second-order valence-electron chi connectivity index (χ2n) is 5.58. The van der Waals surface area contributed by atoms with E-state index in [-0.39, 0.29) is 36.8 Å². The van der Waals surface area contributed by atoms with Crippen molar-refractivity contribution in [3.8, 4) is 5.75 Å². The Hall–Kier alpha value is -2.28. The van der Waals surface area contributed by atoms with Gasteiger partial charge in [-0.15, -0.1) is 0 Å². The molecule has 0 unspecified atom stereocenters. The number of ether oxygens (including phenoxy) is 1. The fraction of sp³-hybridized carbons (Fsp3) is 0.438. The number of nitrogens with two attached hydrogens (primary N) is 1. The zero-order valence-electron chi connectivity index (χ0n) is 13.2. The maximum absolute atomic E-state index is 12.0. The second kappa shape index (κ2) is 8.54. The van der Waals surface area contributed by atoms with Crippen LogP contribution in [0.5, 0.6) is 5.75 Å². The molecule has 1 heterocycles.